The molecule has 2 aromatic carbocycles. The molecule has 0 spiro atoms. The van der Waals surface area contributed by atoms with Crippen molar-refractivity contribution in [3.05, 3.63) is 53.6 Å². The van der Waals surface area contributed by atoms with Crippen LogP contribution in [0.1, 0.15) is 12.8 Å². The maximum atomic E-state index is 12.7. The van der Waals surface area contributed by atoms with Crippen molar-refractivity contribution >= 4 is 33.2 Å². The Labute approximate surface area is 164 Å². The van der Waals surface area contributed by atoms with Crippen LogP contribution in [0.15, 0.2) is 48.5 Å². The highest BCUT2D eigenvalue weighted by molar-refractivity contribution is 7.88. The quantitative estimate of drug-likeness (QED) is 0.817. The van der Waals surface area contributed by atoms with Crippen LogP contribution in [0.2, 0.25) is 5.02 Å². The zero-order chi connectivity index (χ0) is 19.4. The van der Waals surface area contributed by atoms with Crippen LogP contribution < -0.4 is 10.1 Å². The van der Waals surface area contributed by atoms with Gasteiger partial charge in [0.1, 0.15) is 5.75 Å². The summed E-state index contributed by atoms with van der Waals surface area (Å²) < 4.78 is 30.7. The maximum absolute atomic E-state index is 12.7. The molecule has 0 bridgehead atoms. The minimum atomic E-state index is -3.31. The molecular formula is C19H21ClN2O4S. The van der Waals surface area contributed by atoms with Crippen LogP contribution in [0.4, 0.5) is 5.69 Å². The number of hydrogen-bond donors (Lipinski definition) is 1. The summed E-state index contributed by atoms with van der Waals surface area (Å²) in [5.74, 6) is 0.437. The third-order valence-corrected chi connectivity index (χ3v) is 5.90. The van der Waals surface area contributed by atoms with E-state index in [0.717, 1.165) is 6.26 Å². The minimum Gasteiger partial charge on any atom is -0.455 e. The number of anilines is 1. The first-order valence-corrected chi connectivity index (χ1v) is 10.8. The molecule has 1 saturated heterocycles. The molecule has 0 unspecified atom stereocenters. The van der Waals surface area contributed by atoms with Gasteiger partial charge in [0.15, 0.2) is 5.75 Å². The fourth-order valence-corrected chi connectivity index (χ4v) is 4.08. The number of nitrogens with zero attached hydrogens (tertiary/aromatic N) is 1. The monoisotopic (exact) mass is 408 g/mol. The number of sulfonamides is 1. The third-order valence-electron chi connectivity index (χ3n) is 4.39. The van der Waals surface area contributed by atoms with E-state index in [9.17, 15) is 13.2 Å². The molecule has 1 aliphatic rings. The summed E-state index contributed by atoms with van der Waals surface area (Å²) in [5.41, 5.74) is 0.452. The van der Waals surface area contributed by atoms with E-state index in [-0.39, 0.29) is 12.5 Å². The van der Waals surface area contributed by atoms with E-state index in [1.165, 1.54) is 4.31 Å². The number of amides is 1. The summed E-state index contributed by atoms with van der Waals surface area (Å²) in [4.78, 5) is 12.7. The molecular weight excluding hydrogens is 388 g/mol. The summed E-state index contributed by atoms with van der Waals surface area (Å²) in [6, 6.07) is 14.2. The van der Waals surface area contributed by atoms with Gasteiger partial charge in [-0.1, -0.05) is 29.8 Å². The number of para-hydroxylation sites is 1. The predicted molar refractivity (Wildman–Crippen MR) is 106 cm³/mol. The van der Waals surface area contributed by atoms with Crippen molar-refractivity contribution in [1.82, 2.24) is 4.31 Å². The highest BCUT2D eigenvalue weighted by atomic mass is 35.5. The van der Waals surface area contributed by atoms with Crippen molar-refractivity contribution in [2.45, 2.75) is 12.8 Å². The van der Waals surface area contributed by atoms with E-state index in [0.29, 0.717) is 41.6 Å². The SMILES string of the molecule is CS(=O)(=O)N1CCC[C@H](C(=O)Nc2cc(Cl)ccc2Oc2ccccc2)C1. The van der Waals surface area contributed by atoms with Gasteiger partial charge in [0.2, 0.25) is 15.9 Å². The number of carbonyl (C=O) groups is 1. The molecule has 0 saturated carbocycles. The van der Waals surface area contributed by atoms with E-state index in [4.69, 9.17) is 16.3 Å². The lowest BCUT2D eigenvalue weighted by Crippen LogP contribution is -2.43. The van der Waals surface area contributed by atoms with Crippen molar-refractivity contribution in [3.8, 4) is 11.5 Å². The Morgan fingerprint density at radius 2 is 1.96 bits per heavy atom. The first-order valence-electron chi connectivity index (χ1n) is 8.61. The second kappa shape index (κ2) is 8.29. The van der Waals surface area contributed by atoms with E-state index < -0.39 is 15.9 Å². The van der Waals surface area contributed by atoms with Gasteiger partial charge in [-0.3, -0.25) is 4.79 Å². The van der Waals surface area contributed by atoms with Gasteiger partial charge in [0.05, 0.1) is 17.9 Å². The summed E-state index contributed by atoms with van der Waals surface area (Å²) in [5, 5.41) is 3.31. The molecule has 0 aromatic heterocycles. The Balaban J connectivity index is 1.76. The molecule has 144 valence electrons. The Kier molecular flexibility index (Phi) is 6.04. The summed E-state index contributed by atoms with van der Waals surface area (Å²) >= 11 is 6.08. The second-order valence-corrected chi connectivity index (χ2v) is 8.92. The Morgan fingerprint density at radius 3 is 2.67 bits per heavy atom. The Morgan fingerprint density at radius 1 is 1.22 bits per heavy atom. The minimum absolute atomic E-state index is 0.181. The molecule has 1 amide bonds. The summed E-state index contributed by atoms with van der Waals surface area (Å²) in [6.45, 7) is 0.627. The van der Waals surface area contributed by atoms with Crippen LogP contribution in [-0.4, -0.2) is 38.0 Å². The lowest BCUT2D eigenvalue weighted by molar-refractivity contribution is -0.120. The highest BCUT2D eigenvalue weighted by Gasteiger charge is 2.30. The Bertz CT molecular complexity index is 919. The average Bonchev–Trinajstić information content (AvgIpc) is 2.64. The van der Waals surface area contributed by atoms with Gasteiger partial charge in [-0.25, -0.2) is 12.7 Å². The Hall–Kier alpha value is -2.09. The summed E-state index contributed by atoms with van der Waals surface area (Å²) in [6.07, 6.45) is 2.44. The fraction of sp³-hybridized carbons (Fsp3) is 0.316. The van der Waals surface area contributed by atoms with Crippen LogP contribution in [0.25, 0.3) is 0 Å². The number of ether oxygens (including phenoxy) is 1. The molecule has 1 fully saturated rings. The topological polar surface area (TPSA) is 75.7 Å². The normalized spacial score (nSPS) is 18.1. The van der Waals surface area contributed by atoms with Gasteiger partial charge in [-0.2, -0.15) is 0 Å². The molecule has 1 atom stereocenters. The van der Waals surface area contributed by atoms with E-state index in [2.05, 4.69) is 5.32 Å². The van der Waals surface area contributed by atoms with Gasteiger partial charge in [0.25, 0.3) is 0 Å². The van der Waals surface area contributed by atoms with Gasteiger partial charge in [0, 0.05) is 18.1 Å². The molecule has 8 heteroatoms. The number of piperidine rings is 1. The van der Waals surface area contributed by atoms with E-state index in [1.54, 1.807) is 18.2 Å². The fourth-order valence-electron chi connectivity index (χ4n) is 3.00. The average molecular weight is 409 g/mol. The van der Waals surface area contributed by atoms with Crippen molar-refractivity contribution < 1.29 is 17.9 Å². The number of halogens is 1. The molecule has 1 N–H and O–H groups in total. The number of nitrogens with one attached hydrogen (secondary N) is 1. The van der Waals surface area contributed by atoms with Crippen LogP contribution in [-0.2, 0) is 14.8 Å². The summed E-state index contributed by atoms with van der Waals surface area (Å²) in [7, 11) is -3.31. The molecule has 0 radical (unpaired) electrons. The molecule has 1 aliphatic heterocycles. The predicted octanol–water partition coefficient (Wildman–Crippen LogP) is 3.74. The second-order valence-electron chi connectivity index (χ2n) is 6.51. The van der Waals surface area contributed by atoms with Gasteiger partial charge in [-0.05, 0) is 43.2 Å². The number of carbonyl (C=O) groups excluding carboxylic acids is 1. The third kappa shape index (κ3) is 5.22. The largest absolute Gasteiger partial charge is 0.455 e. The first kappa shape index (κ1) is 19.7. The van der Waals surface area contributed by atoms with Gasteiger partial charge >= 0.3 is 0 Å². The number of benzene rings is 2. The van der Waals surface area contributed by atoms with Crippen molar-refractivity contribution in [2.75, 3.05) is 24.7 Å². The van der Waals surface area contributed by atoms with E-state index in [1.807, 2.05) is 30.3 Å². The number of rotatable bonds is 5. The molecule has 2 aromatic rings. The number of hydrogen-bond acceptors (Lipinski definition) is 4. The molecule has 27 heavy (non-hydrogen) atoms. The molecule has 6 nitrogen and oxygen atoms in total. The lowest BCUT2D eigenvalue weighted by Gasteiger charge is -2.30. The molecule has 1 heterocycles. The van der Waals surface area contributed by atoms with Gasteiger partial charge < -0.3 is 10.1 Å². The molecule has 0 aliphatic carbocycles. The molecule has 3 rings (SSSR count). The van der Waals surface area contributed by atoms with E-state index >= 15 is 0 Å². The van der Waals surface area contributed by atoms with Gasteiger partial charge in [-0.15, -0.1) is 0 Å². The lowest BCUT2D eigenvalue weighted by atomic mass is 9.98. The van der Waals surface area contributed by atoms with Crippen LogP contribution in [0.5, 0.6) is 11.5 Å². The van der Waals surface area contributed by atoms with Crippen LogP contribution >= 0.6 is 11.6 Å². The zero-order valence-corrected chi connectivity index (χ0v) is 16.5. The standard InChI is InChI=1S/C19H21ClN2O4S/c1-27(24,25)22-11-5-6-14(13-22)19(23)21-17-12-15(20)9-10-18(17)26-16-7-3-2-4-8-16/h2-4,7-10,12,14H,5-6,11,13H2,1H3,(H,21,23)/t14-/m0/s1. The smallest absolute Gasteiger partial charge is 0.228 e. The first-order chi connectivity index (χ1) is 12.8. The van der Waals surface area contributed by atoms with Crippen molar-refractivity contribution in [2.24, 2.45) is 5.92 Å². The van der Waals surface area contributed by atoms with Crippen LogP contribution in [0.3, 0.4) is 0 Å². The van der Waals surface area contributed by atoms with Crippen molar-refractivity contribution in [3.63, 3.8) is 0 Å². The maximum Gasteiger partial charge on any atom is 0.228 e. The highest BCUT2D eigenvalue weighted by Crippen LogP contribution is 2.33. The van der Waals surface area contributed by atoms with Crippen molar-refractivity contribution in [1.29, 1.82) is 0 Å². The van der Waals surface area contributed by atoms with Crippen LogP contribution in [0, 0.1) is 5.92 Å². The zero-order valence-electron chi connectivity index (χ0n) is 14.9.